The van der Waals surface area contributed by atoms with Crippen molar-refractivity contribution < 1.29 is 17.2 Å². The van der Waals surface area contributed by atoms with E-state index in [4.69, 9.17) is 7.58 Å². The van der Waals surface area contributed by atoms with Gasteiger partial charge in [-0.2, -0.15) is 0 Å². The minimum Gasteiger partial charge on any atom is -0.589 e. The SMILES string of the molecule is CC(C)CC1CCCC2C(=O)[O][Al][O]C(=O)C12. The van der Waals surface area contributed by atoms with Crippen LogP contribution in [0.2, 0.25) is 0 Å². The van der Waals surface area contributed by atoms with E-state index in [0.717, 1.165) is 25.7 Å². The molecule has 0 aromatic rings. The molecule has 0 N–H and O–H groups in total. The van der Waals surface area contributed by atoms with Crippen molar-refractivity contribution in [1.29, 1.82) is 0 Å². The Hall–Kier alpha value is -0.528. The zero-order valence-corrected chi connectivity index (χ0v) is 11.5. The molecule has 0 aromatic carbocycles. The summed E-state index contributed by atoms with van der Waals surface area (Å²) in [5, 5.41) is 0. The third-order valence-electron chi connectivity index (χ3n) is 3.71. The van der Waals surface area contributed by atoms with E-state index in [-0.39, 0.29) is 29.7 Å². The van der Waals surface area contributed by atoms with Crippen LogP contribution in [0.25, 0.3) is 0 Å². The van der Waals surface area contributed by atoms with Crippen molar-refractivity contribution in [3.05, 3.63) is 0 Å². The van der Waals surface area contributed by atoms with E-state index >= 15 is 0 Å². The standard InChI is InChI=1S/C12H20O4.Al/c1-7(2)6-8-4-3-5-9(11(13)14)10(8)12(15)16;/h7-10H,3-6H2,1-2H3,(H,13,14)(H,15,16);/q;+2/p-2. The molecule has 3 unspecified atom stereocenters. The molecule has 3 atom stereocenters. The Kier molecular flexibility index (Phi) is 4.11. The first-order chi connectivity index (χ1) is 8.09. The van der Waals surface area contributed by atoms with Gasteiger partial charge in [0.15, 0.2) is 0 Å². The van der Waals surface area contributed by atoms with Crippen LogP contribution in [0, 0.1) is 23.7 Å². The van der Waals surface area contributed by atoms with Crippen LogP contribution in [-0.2, 0) is 17.2 Å². The summed E-state index contributed by atoms with van der Waals surface area (Å²) in [7, 11) is 0. The third kappa shape index (κ3) is 2.84. The molecular weight excluding hydrogens is 235 g/mol. The average molecular weight is 253 g/mol. The van der Waals surface area contributed by atoms with Crippen LogP contribution in [-0.4, -0.2) is 27.8 Å². The molecule has 93 valence electrons. The number of carbonyl (C=O) groups is 2. The summed E-state index contributed by atoms with van der Waals surface area (Å²) in [5.41, 5.74) is 0. The molecule has 17 heavy (non-hydrogen) atoms. The minimum absolute atomic E-state index is 0.207. The lowest BCUT2D eigenvalue weighted by molar-refractivity contribution is -0.150. The van der Waals surface area contributed by atoms with E-state index in [1.54, 1.807) is 0 Å². The molecule has 0 amide bonds. The molecule has 0 bridgehead atoms. The third-order valence-corrected chi connectivity index (χ3v) is 4.37. The van der Waals surface area contributed by atoms with E-state index in [9.17, 15) is 9.59 Å². The van der Waals surface area contributed by atoms with Gasteiger partial charge in [0.25, 0.3) is 11.9 Å². The molecule has 2 rings (SSSR count). The van der Waals surface area contributed by atoms with Crippen LogP contribution >= 0.6 is 0 Å². The Bertz CT molecular complexity index is 316. The van der Waals surface area contributed by atoms with Crippen molar-refractivity contribution in [3.63, 3.8) is 0 Å². The highest BCUT2D eigenvalue weighted by atomic mass is 27.2. The number of hydrogen-bond donors (Lipinski definition) is 0. The van der Waals surface area contributed by atoms with Gasteiger partial charge in [-0.25, -0.2) is 0 Å². The van der Waals surface area contributed by atoms with Crippen molar-refractivity contribution in [3.8, 4) is 0 Å². The Morgan fingerprint density at radius 3 is 2.65 bits per heavy atom. The fraction of sp³-hybridized carbons (Fsp3) is 0.833. The Labute approximate surface area is 108 Å². The first-order valence-corrected chi connectivity index (χ1v) is 7.26. The topological polar surface area (TPSA) is 52.6 Å². The summed E-state index contributed by atoms with van der Waals surface area (Å²) in [5.74, 6) is -0.112. The molecule has 1 saturated carbocycles. The zero-order valence-electron chi connectivity index (χ0n) is 10.3. The first kappa shape index (κ1) is 12.9. The van der Waals surface area contributed by atoms with Gasteiger partial charge in [-0.3, -0.25) is 9.59 Å². The van der Waals surface area contributed by atoms with Gasteiger partial charge in [-0.15, -0.1) is 0 Å². The van der Waals surface area contributed by atoms with Crippen molar-refractivity contribution >= 4 is 27.8 Å². The van der Waals surface area contributed by atoms with Crippen LogP contribution < -0.4 is 0 Å². The van der Waals surface area contributed by atoms with Crippen molar-refractivity contribution in [2.75, 3.05) is 0 Å². The molecule has 4 nitrogen and oxygen atoms in total. The molecule has 1 saturated heterocycles. The molecule has 2 fully saturated rings. The van der Waals surface area contributed by atoms with Crippen LogP contribution in [0.4, 0.5) is 0 Å². The van der Waals surface area contributed by atoms with Crippen molar-refractivity contribution in [1.82, 2.24) is 0 Å². The second-order valence-corrected chi connectivity index (χ2v) is 6.09. The van der Waals surface area contributed by atoms with Gasteiger partial charge in [0.1, 0.15) is 0 Å². The lowest BCUT2D eigenvalue weighted by Crippen LogP contribution is -2.38. The fourth-order valence-corrected chi connectivity index (χ4v) is 3.63. The highest BCUT2D eigenvalue weighted by Gasteiger charge is 2.45. The highest BCUT2D eigenvalue weighted by Crippen LogP contribution is 2.40. The molecule has 5 heteroatoms. The molecule has 0 aromatic heterocycles. The zero-order chi connectivity index (χ0) is 12.4. The van der Waals surface area contributed by atoms with E-state index in [1.807, 2.05) is 0 Å². The summed E-state index contributed by atoms with van der Waals surface area (Å²) < 4.78 is 10.1. The lowest BCUT2D eigenvalue weighted by Gasteiger charge is -2.35. The summed E-state index contributed by atoms with van der Waals surface area (Å²) in [6.45, 7) is 4.30. The van der Waals surface area contributed by atoms with Crippen molar-refractivity contribution in [2.45, 2.75) is 39.5 Å². The lowest BCUT2D eigenvalue weighted by atomic mass is 9.69. The second kappa shape index (κ2) is 5.41. The Balaban J connectivity index is 2.18. The molecule has 2 aliphatic rings. The maximum atomic E-state index is 12.0. The van der Waals surface area contributed by atoms with Crippen molar-refractivity contribution in [2.24, 2.45) is 23.7 Å². The van der Waals surface area contributed by atoms with Gasteiger partial charge in [0, 0.05) is 0 Å². The summed E-state index contributed by atoms with van der Waals surface area (Å²) >= 11 is -0.938. The monoisotopic (exact) mass is 253 g/mol. The average Bonchev–Trinajstić information content (AvgIpc) is 2.40. The summed E-state index contributed by atoms with van der Waals surface area (Å²) in [6.07, 6.45) is 3.79. The highest BCUT2D eigenvalue weighted by molar-refractivity contribution is 6.27. The van der Waals surface area contributed by atoms with E-state index < -0.39 is 15.9 Å². The molecule has 0 spiro atoms. The van der Waals surface area contributed by atoms with Crippen LogP contribution in [0.3, 0.4) is 0 Å². The van der Waals surface area contributed by atoms with Gasteiger partial charge in [-0.05, 0) is 31.1 Å². The molecule has 1 heterocycles. The maximum Gasteiger partial charge on any atom is 0.885 e. The van der Waals surface area contributed by atoms with Crippen LogP contribution in [0.15, 0.2) is 0 Å². The van der Waals surface area contributed by atoms with Gasteiger partial charge in [0.2, 0.25) is 0 Å². The normalized spacial score (nSPS) is 33.2. The van der Waals surface area contributed by atoms with Crippen LogP contribution in [0.5, 0.6) is 0 Å². The molecule has 1 aliphatic carbocycles. The first-order valence-electron chi connectivity index (χ1n) is 6.32. The number of carbonyl (C=O) groups excluding carboxylic acids is 2. The smallest absolute Gasteiger partial charge is 0.589 e. The number of fused-ring (bicyclic) bond motifs is 1. The van der Waals surface area contributed by atoms with Gasteiger partial charge < -0.3 is 7.58 Å². The number of hydrogen-bond acceptors (Lipinski definition) is 4. The minimum atomic E-state index is -0.938. The largest absolute Gasteiger partial charge is 0.885 e. The Morgan fingerprint density at radius 2 is 1.94 bits per heavy atom. The molecule has 1 aliphatic heterocycles. The quantitative estimate of drug-likeness (QED) is 0.703. The van der Waals surface area contributed by atoms with E-state index in [1.165, 1.54) is 0 Å². The summed E-state index contributed by atoms with van der Waals surface area (Å²) in [6, 6.07) is 0. The van der Waals surface area contributed by atoms with E-state index in [2.05, 4.69) is 13.8 Å². The fourth-order valence-electron chi connectivity index (χ4n) is 3.06. The Morgan fingerprint density at radius 1 is 1.24 bits per heavy atom. The molecule has 1 radical (unpaired) electrons. The van der Waals surface area contributed by atoms with Gasteiger partial charge >= 0.3 is 15.9 Å². The second-order valence-electron chi connectivity index (χ2n) is 5.42. The predicted octanol–water partition coefficient (Wildman–Crippen LogP) is 1.70. The predicted molar refractivity (Wildman–Crippen MR) is 61.7 cm³/mol. The van der Waals surface area contributed by atoms with E-state index in [0.29, 0.717) is 5.92 Å². The van der Waals surface area contributed by atoms with Crippen LogP contribution in [0.1, 0.15) is 39.5 Å². The molecular formula is C12H18AlO4. The maximum absolute atomic E-state index is 12.0. The number of rotatable bonds is 2. The summed E-state index contributed by atoms with van der Waals surface area (Å²) in [4.78, 5) is 23.7. The van der Waals surface area contributed by atoms with Gasteiger partial charge in [0.05, 0.1) is 11.8 Å². The van der Waals surface area contributed by atoms with Gasteiger partial charge in [-0.1, -0.05) is 20.3 Å².